The third-order valence-electron chi connectivity index (χ3n) is 4.27. The third-order valence-corrected chi connectivity index (χ3v) is 4.27. The van der Waals surface area contributed by atoms with Gasteiger partial charge in [-0.15, -0.1) is 0 Å². The van der Waals surface area contributed by atoms with Crippen molar-refractivity contribution in [1.29, 1.82) is 0 Å². The van der Waals surface area contributed by atoms with Gasteiger partial charge in [-0.3, -0.25) is 0 Å². The van der Waals surface area contributed by atoms with Crippen molar-refractivity contribution in [3.05, 3.63) is 0 Å². The van der Waals surface area contributed by atoms with Crippen LogP contribution in [0.1, 0.15) is 90.9 Å². The van der Waals surface area contributed by atoms with E-state index < -0.39 is 6.16 Å². The minimum Gasteiger partial charge on any atom is -0.431 e. The first-order valence-electron chi connectivity index (χ1n) is 9.30. The molecule has 4 nitrogen and oxygen atoms in total. The van der Waals surface area contributed by atoms with Crippen LogP contribution in [-0.2, 0) is 9.47 Å². The number of carbonyl (C=O) groups is 1. The second-order valence-corrected chi connectivity index (χ2v) is 6.28. The Morgan fingerprint density at radius 1 is 1.09 bits per heavy atom. The minimum absolute atomic E-state index is 0.00766. The zero-order valence-corrected chi connectivity index (χ0v) is 14.5. The van der Waals surface area contributed by atoms with Gasteiger partial charge in [0.1, 0.15) is 6.10 Å². The highest BCUT2D eigenvalue weighted by atomic mass is 16.7. The summed E-state index contributed by atoms with van der Waals surface area (Å²) in [5.74, 6) is 0. The number of piperidine rings is 1. The smallest absolute Gasteiger partial charge is 0.431 e. The van der Waals surface area contributed by atoms with Crippen LogP contribution in [0.5, 0.6) is 0 Å². The van der Waals surface area contributed by atoms with E-state index in [1.807, 2.05) is 0 Å². The van der Waals surface area contributed by atoms with Gasteiger partial charge in [-0.05, 0) is 38.5 Å². The van der Waals surface area contributed by atoms with Crippen molar-refractivity contribution in [1.82, 2.24) is 5.32 Å². The van der Waals surface area contributed by atoms with Crippen LogP contribution in [0.15, 0.2) is 0 Å². The summed E-state index contributed by atoms with van der Waals surface area (Å²) in [5.41, 5.74) is 0. The van der Waals surface area contributed by atoms with E-state index in [-0.39, 0.29) is 12.3 Å². The van der Waals surface area contributed by atoms with E-state index >= 15 is 0 Å². The van der Waals surface area contributed by atoms with Crippen LogP contribution in [0.3, 0.4) is 0 Å². The fourth-order valence-electron chi connectivity index (χ4n) is 2.80. The molecule has 0 bridgehead atoms. The number of carbonyl (C=O) groups excluding carboxylic acids is 1. The Balaban J connectivity index is 2.06. The van der Waals surface area contributed by atoms with Gasteiger partial charge in [-0.1, -0.05) is 52.4 Å². The maximum Gasteiger partial charge on any atom is 0.510 e. The highest BCUT2D eigenvalue weighted by Crippen LogP contribution is 2.15. The number of unbranched alkanes of at least 4 members (excludes halogenated alkanes) is 6. The second kappa shape index (κ2) is 12.7. The zero-order chi connectivity index (χ0) is 16.0. The number of nitrogens with zero attached hydrogens (tertiary/aromatic N) is 1. The molecule has 0 N–H and O–H groups in total. The van der Waals surface area contributed by atoms with Gasteiger partial charge in [0.2, 0.25) is 0 Å². The van der Waals surface area contributed by atoms with E-state index in [1.54, 1.807) is 0 Å². The number of hydrogen-bond acceptors (Lipinski definition) is 3. The zero-order valence-electron chi connectivity index (χ0n) is 14.5. The Morgan fingerprint density at radius 3 is 2.45 bits per heavy atom. The Kier molecular flexibility index (Phi) is 11.2. The molecule has 0 aromatic carbocycles. The predicted octanol–water partition coefficient (Wildman–Crippen LogP) is 5.17. The largest absolute Gasteiger partial charge is 0.510 e. The van der Waals surface area contributed by atoms with Crippen molar-refractivity contribution in [2.45, 2.75) is 103 Å². The molecule has 1 aliphatic heterocycles. The van der Waals surface area contributed by atoms with Gasteiger partial charge in [0.05, 0.1) is 0 Å². The predicted molar refractivity (Wildman–Crippen MR) is 88.9 cm³/mol. The van der Waals surface area contributed by atoms with E-state index in [1.165, 1.54) is 38.5 Å². The van der Waals surface area contributed by atoms with Gasteiger partial charge in [-0.2, -0.15) is 0 Å². The van der Waals surface area contributed by atoms with Crippen LogP contribution < -0.4 is 5.32 Å². The average Bonchev–Trinajstić information content (AvgIpc) is 2.53. The van der Waals surface area contributed by atoms with E-state index in [0.717, 1.165) is 45.1 Å². The summed E-state index contributed by atoms with van der Waals surface area (Å²) in [6, 6.07) is 0. The quantitative estimate of drug-likeness (QED) is 0.390. The molecule has 2 atom stereocenters. The Morgan fingerprint density at radius 2 is 1.82 bits per heavy atom. The summed E-state index contributed by atoms with van der Waals surface area (Å²) >= 11 is 0. The Bertz CT molecular complexity index is 278. The first-order valence-corrected chi connectivity index (χ1v) is 9.30. The lowest BCUT2D eigenvalue weighted by Gasteiger charge is -2.23. The molecule has 0 aliphatic carbocycles. The summed E-state index contributed by atoms with van der Waals surface area (Å²) in [7, 11) is 0. The van der Waals surface area contributed by atoms with Gasteiger partial charge in [0.15, 0.2) is 6.23 Å². The molecule has 0 amide bonds. The SMILES string of the molecule is CCCCCCCCCC(CC)OC(=O)OC1CCCC[N]1. The topological polar surface area (TPSA) is 49.6 Å². The van der Waals surface area contributed by atoms with Gasteiger partial charge >= 0.3 is 6.16 Å². The summed E-state index contributed by atoms with van der Waals surface area (Å²) in [6.45, 7) is 5.10. The summed E-state index contributed by atoms with van der Waals surface area (Å²) in [4.78, 5) is 11.8. The highest BCUT2D eigenvalue weighted by molar-refractivity contribution is 5.60. The minimum atomic E-state index is -0.537. The van der Waals surface area contributed by atoms with Crippen molar-refractivity contribution >= 4 is 6.16 Å². The van der Waals surface area contributed by atoms with E-state index in [9.17, 15) is 4.79 Å². The molecule has 0 spiro atoms. The van der Waals surface area contributed by atoms with Crippen LogP contribution >= 0.6 is 0 Å². The molecular formula is C18H34NO3. The van der Waals surface area contributed by atoms with Gasteiger partial charge in [-0.25, -0.2) is 10.1 Å². The maximum atomic E-state index is 11.8. The molecule has 1 heterocycles. The van der Waals surface area contributed by atoms with Crippen LogP contribution in [-0.4, -0.2) is 25.0 Å². The van der Waals surface area contributed by atoms with Crippen LogP contribution in [0.4, 0.5) is 4.79 Å². The lowest BCUT2D eigenvalue weighted by Crippen LogP contribution is -2.33. The van der Waals surface area contributed by atoms with Crippen LogP contribution in [0, 0.1) is 0 Å². The Hall–Kier alpha value is -0.770. The number of hydrogen-bond donors (Lipinski definition) is 0. The second-order valence-electron chi connectivity index (χ2n) is 6.28. The van der Waals surface area contributed by atoms with E-state index in [4.69, 9.17) is 9.47 Å². The molecule has 0 aromatic rings. The summed E-state index contributed by atoms with van der Waals surface area (Å²) in [6.07, 6.45) is 13.0. The molecule has 1 fully saturated rings. The molecule has 22 heavy (non-hydrogen) atoms. The van der Waals surface area contributed by atoms with Gasteiger partial charge in [0, 0.05) is 6.54 Å². The Labute approximate surface area is 136 Å². The summed E-state index contributed by atoms with van der Waals surface area (Å²) < 4.78 is 10.7. The lowest BCUT2D eigenvalue weighted by molar-refractivity contribution is -0.0222. The fourth-order valence-corrected chi connectivity index (χ4v) is 2.80. The van der Waals surface area contributed by atoms with Gasteiger partial charge in [0.25, 0.3) is 0 Å². The van der Waals surface area contributed by atoms with E-state index in [0.29, 0.717) is 0 Å². The lowest BCUT2D eigenvalue weighted by atomic mass is 10.1. The fraction of sp³-hybridized carbons (Fsp3) is 0.944. The van der Waals surface area contributed by atoms with Crippen LogP contribution in [0.25, 0.3) is 0 Å². The molecular weight excluding hydrogens is 278 g/mol. The standard InChI is InChI=1S/C18H34NO3/c1-3-5-6-7-8-9-10-13-16(4-2)21-18(20)22-17-14-11-12-15-19-17/h16-17H,3-15H2,1-2H3. The first-order chi connectivity index (χ1) is 10.8. The molecule has 4 heteroatoms. The molecule has 0 saturated carbocycles. The first kappa shape index (κ1) is 19.3. The molecule has 1 radical (unpaired) electrons. The molecule has 2 unspecified atom stereocenters. The monoisotopic (exact) mass is 312 g/mol. The average molecular weight is 312 g/mol. The van der Waals surface area contributed by atoms with Crippen molar-refractivity contribution in [3.8, 4) is 0 Å². The van der Waals surface area contributed by atoms with Crippen LogP contribution in [0.2, 0.25) is 0 Å². The van der Waals surface area contributed by atoms with Crippen molar-refractivity contribution in [2.24, 2.45) is 0 Å². The normalized spacial score (nSPS) is 19.6. The van der Waals surface area contributed by atoms with Crippen molar-refractivity contribution in [3.63, 3.8) is 0 Å². The van der Waals surface area contributed by atoms with E-state index in [2.05, 4.69) is 19.2 Å². The maximum absolute atomic E-state index is 11.8. The number of ether oxygens (including phenoxy) is 2. The highest BCUT2D eigenvalue weighted by Gasteiger charge is 2.21. The molecule has 129 valence electrons. The van der Waals surface area contributed by atoms with Crippen molar-refractivity contribution < 1.29 is 14.3 Å². The molecule has 1 saturated heterocycles. The summed E-state index contributed by atoms with van der Waals surface area (Å²) in [5, 5.41) is 4.29. The molecule has 1 aliphatic rings. The van der Waals surface area contributed by atoms with Crippen molar-refractivity contribution in [2.75, 3.05) is 6.54 Å². The molecule has 1 rings (SSSR count). The van der Waals surface area contributed by atoms with Gasteiger partial charge < -0.3 is 9.47 Å². The molecule has 0 aromatic heterocycles. The third kappa shape index (κ3) is 9.29. The number of rotatable bonds is 11.